The van der Waals surface area contributed by atoms with Gasteiger partial charge < -0.3 is 14.5 Å². The minimum Gasteiger partial charge on any atom is -0.489 e. The van der Waals surface area contributed by atoms with E-state index in [1.54, 1.807) is 6.26 Å². The minimum atomic E-state index is 0.0347. The Balaban J connectivity index is 1.50. The Morgan fingerprint density at radius 3 is 3.00 bits per heavy atom. The first-order valence-electron chi connectivity index (χ1n) is 7.96. The predicted octanol–water partition coefficient (Wildman–Crippen LogP) is 2.57. The summed E-state index contributed by atoms with van der Waals surface area (Å²) in [5, 5.41) is 2.88. The van der Waals surface area contributed by atoms with Gasteiger partial charge in [-0.05, 0) is 25.1 Å². The molecule has 0 saturated carbocycles. The lowest BCUT2D eigenvalue weighted by molar-refractivity contribution is -0.121. The standard InChI is InChI=1S/C18H22N2O3/c1-14-12-20(13-15-5-2-3-7-17(15)23-14)9-8-18(21)19-11-16-6-4-10-22-16/h2-7,10,14H,8-9,11-13H2,1H3,(H,19,21). The average Bonchev–Trinajstić information content (AvgIpc) is 3.00. The molecule has 1 aliphatic rings. The molecular weight excluding hydrogens is 292 g/mol. The van der Waals surface area contributed by atoms with Gasteiger partial charge in [0.15, 0.2) is 0 Å². The van der Waals surface area contributed by atoms with Crippen LogP contribution in [0.2, 0.25) is 0 Å². The molecule has 0 radical (unpaired) electrons. The molecule has 1 amide bonds. The quantitative estimate of drug-likeness (QED) is 0.921. The lowest BCUT2D eigenvalue weighted by Gasteiger charge is -2.21. The summed E-state index contributed by atoms with van der Waals surface area (Å²) in [6, 6.07) is 11.8. The Bertz CT molecular complexity index is 639. The predicted molar refractivity (Wildman–Crippen MR) is 87.0 cm³/mol. The Kier molecular flexibility index (Phi) is 4.98. The first-order valence-corrected chi connectivity index (χ1v) is 7.96. The maximum absolute atomic E-state index is 12.0. The molecule has 1 aromatic carbocycles. The van der Waals surface area contributed by atoms with Crippen molar-refractivity contribution in [3.05, 3.63) is 54.0 Å². The highest BCUT2D eigenvalue weighted by Gasteiger charge is 2.20. The van der Waals surface area contributed by atoms with E-state index in [0.29, 0.717) is 19.5 Å². The summed E-state index contributed by atoms with van der Waals surface area (Å²) in [5.41, 5.74) is 1.17. The maximum atomic E-state index is 12.0. The second kappa shape index (κ2) is 7.33. The van der Waals surface area contributed by atoms with Crippen LogP contribution >= 0.6 is 0 Å². The van der Waals surface area contributed by atoms with Gasteiger partial charge >= 0.3 is 0 Å². The highest BCUT2D eigenvalue weighted by molar-refractivity contribution is 5.75. The molecule has 2 heterocycles. The Morgan fingerprint density at radius 2 is 2.17 bits per heavy atom. The van der Waals surface area contributed by atoms with Gasteiger partial charge in [-0.3, -0.25) is 9.69 Å². The number of amides is 1. The molecule has 5 nitrogen and oxygen atoms in total. The zero-order valence-electron chi connectivity index (χ0n) is 13.3. The molecule has 3 rings (SSSR count). The third kappa shape index (κ3) is 4.36. The number of para-hydroxylation sites is 1. The average molecular weight is 314 g/mol. The van der Waals surface area contributed by atoms with Crippen molar-refractivity contribution in [2.75, 3.05) is 13.1 Å². The Morgan fingerprint density at radius 1 is 1.30 bits per heavy atom. The molecule has 0 saturated heterocycles. The summed E-state index contributed by atoms with van der Waals surface area (Å²) in [6.07, 6.45) is 2.19. The first kappa shape index (κ1) is 15.6. The van der Waals surface area contributed by atoms with Crippen molar-refractivity contribution in [3.63, 3.8) is 0 Å². The van der Waals surface area contributed by atoms with Crippen LogP contribution in [0.5, 0.6) is 5.75 Å². The van der Waals surface area contributed by atoms with Crippen LogP contribution in [0, 0.1) is 0 Å². The van der Waals surface area contributed by atoms with E-state index < -0.39 is 0 Å². The highest BCUT2D eigenvalue weighted by Crippen LogP contribution is 2.24. The molecule has 0 bridgehead atoms. The Labute approximate surface area is 136 Å². The van der Waals surface area contributed by atoms with Crippen LogP contribution in [0.25, 0.3) is 0 Å². The largest absolute Gasteiger partial charge is 0.489 e. The van der Waals surface area contributed by atoms with E-state index in [-0.39, 0.29) is 12.0 Å². The monoisotopic (exact) mass is 314 g/mol. The smallest absolute Gasteiger partial charge is 0.221 e. The van der Waals surface area contributed by atoms with Gasteiger partial charge in [0, 0.05) is 31.6 Å². The number of ether oxygens (including phenoxy) is 1. The minimum absolute atomic E-state index is 0.0347. The first-order chi connectivity index (χ1) is 11.2. The van der Waals surface area contributed by atoms with Crippen molar-refractivity contribution >= 4 is 5.91 Å². The van der Waals surface area contributed by atoms with E-state index >= 15 is 0 Å². The van der Waals surface area contributed by atoms with Gasteiger partial charge in [0.05, 0.1) is 12.8 Å². The molecule has 2 aromatic rings. The molecule has 1 N–H and O–H groups in total. The lowest BCUT2D eigenvalue weighted by atomic mass is 10.2. The summed E-state index contributed by atoms with van der Waals surface area (Å²) < 4.78 is 11.1. The molecule has 122 valence electrons. The third-order valence-corrected chi connectivity index (χ3v) is 3.91. The summed E-state index contributed by atoms with van der Waals surface area (Å²) in [6.45, 7) is 4.85. The number of carbonyl (C=O) groups excluding carboxylic acids is 1. The van der Waals surface area contributed by atoms with E-state index in [1.165, 1.54) is 5.56 Å². The number of fused-ring (bicyclic) bond motifs is 1. The van der Waals surface area contributed by atoms with Gasteiger partial charge in [0.25, 0.3) is 0 Å². The van der Waals surface area contributed by atoms with Gasteiger partial charge in [0.1, 0.15) is 17.6 Å². The fourth-order valence-electron chi connectivity index (χ4n) is 2.79. The normalized spacial score (nSPS) is 17.9. The van der Waals surface area contributed by atoms with Crippen molar-refractivity contribution in [1.29, 1.82) is 0 Å². The number of nitrogens with one attached hydrogen (secondary N) is 1. The third-order valence-electron chi connectivity index (χ3n) is 3.91. The van der Waals surface area contributed by atoms with Crippen molar-refractivity contribution in [2.24, 2.45) is 0 Å². The zero-order chi connectivity index (χ0) is 16.1. The fraction of sp³-hybridized carbons (Fsp3) is 0.389. The second-order valence-corrected chi connectivity index (χ2v) is 5.88. The topological polar surface area (TPSA) is 54.7 Å². The number of carbonyl (C=O) groups is 1. The number of rotatable bonds is 5. The molecule has 1 aliphatic heterocycles. The van der Waals surface area contributed by atoms with E-state index in [4.69, 9.17) is 9.15 Å². The zero-order valence-corrected chi connectivity index (χ0v) is 13.3. The number of hydrogen-bond donors (Lipinski definition) is 1. The number of furan rings is 1. The van der Waals surface area contributed by atoms with Gasteiger partial charge in [-0.15, -0.1) is 0 Å². The van der Waals surface area contributed by atoms with Crippen molar-refractivity contribution in [2.45, 2.75) is 32.5 Å². The molecule has 1 aromatic heterocycles. The van der Waals surface area contributed by atoms with Crippen LogP contribution < -0.4 is 10.1 Å². The van der Waals surface area contributed by atoms with Crippen molar-refractivity contribution in [1.82, 2.24) is 10.2 Å². The van der Waals surface area contributed by atoms with Crippen molar-refractivity contribution < 1.29 is 13.9 Å². The summed E-state index contributed by atoms with van der Waals surface area (Å²) in [4.78, 5) is 14.3. The van der Waals surface area contributed by atoms with E-state index in [2.05, 4.69) is 23.2 Å². The Hall–Kier alpha value is -2.27. The van der Waals surface area contributed by atoms with Crippen LogP contribution in [0.1, 0.15) is 24.7 Å². The molecule has 1 unspecified atom stereocenters. The maximum Gasteiger partial charge on any atom is 0.221 e. The van der Waals surface area contributed by atoms with Gasteiger partial charge in [0.2, 0.25) is 5.91 Å². The molecule has 0 spiro atoms. The molecule has 5 heteroatoms. The highest BCUT2D eigenvalue weighted by atomic mass is 16.5. The number of benzene rings is 1. The van der Waals surface area contributed by atoms with E-state index in [9.17, 15) is 4.79 Å². The van der Waals surface area contributed by atoms with Crippen LogP contribution in [-0.2, 0) is 17.9 Å². The lowest BCUT2D eigenvalue weighted by Crippen LogP contribution is -2.34. The van der Waals surface area contributed by atoms with Gasteiger partial charge in [-0.1, -0.05) is 18.2 Å². The second-order valence-electron chi connectivity index (χ2n) is 5.88. The summed E-state index contributed by atoms with van der Waals surface area (Å²) in [5.74, 6) is 1.75. The van der Waals surface area contributed by atoms with Gasteiger partial charge in [-0.2, -0.15) is 0 Å². The van der Waals surface area contributed by atoms with E-state index in [1.807, 2.05) is 30.3 Å². The fourth-order valence-corrected chi connectivity index (χ4v) is 2.79. The summed E-state index contributed by atoms with van der Waals surface area (Å²) >= 11 is 0. The SMILES string of the molecule is CC1CN(CCC(=O)NCc2ccco2)Cc2ccccc2O1. The van der Waals surface area contributed by atoms with Gasteiger partial charge in [-0.25, -0.2) is 0 Å². The van der Waals surface area contributed by atoms with Crippen LogP contribution in [-0.4, -0.2) is 30.0 Å². The molecular formula is C18H22N2O3. The number of hydrogen-bond acceptors (Lipinski definition) is 4. The molecule has 1 atom stereocenters. The number of nitrogens with zero attached hydrogens (tertiary/aromatic N) is 1. The molecule has 23 heavy (non-hydrogen) atoms. The molecule has 0 aliphatic carbocycles. The van der Waals surface area contributed by atoms with Crippen LogP contribution in [0.4, 0.5) is 0 Å². The van der Waals surface area contributed by atoms with Crippen LogP contribution in [0.3, 0.4) is 0 Å². The summed E-state index contributed by atoms with van der Waals surface area (Å²) in [7, 11) is 0. The van der Waals surface area contributed by atoms with Crippen LogP contribution in [0.15, 0.2) is 47.1 Å². The van der Waals surface area contributed by atoms with E-state index in [0.717, 1.165) is 24.6 Å². The molecule has 0 fully saturated rings. The van der Waals surface area contributed by atoms with Crippen molar-refractivity contribution in [3.8, 4) is 5.75 Å².